The van der Waals surface area contributed by atoms with E-state index >= 15 is 0 Å². The molecule has 1 aromatic carbocycles. The zero-order valence-electron chi connectivity index (χ0n) is 11.1. The molecule has 1 aliphatic rings. The molecule has 1 saturated carbocycles. The smallest absolute Gasteiger partial charge is 0.134 e. The van der Waals surface area contributed by atoms with Crippen LogP contribution in [-0.2, 0) is 6.54 Å². The van der Waals surface area contributed by atoms with Crippen LogP contribution in [0.5, 0.6) is 0 Å². The largest absolute Gasteiger partial charge is 0.460 e. The van der Waals surface area contributed by atoms with E-state index < -0.39 is 0 Å². The average molecular weight is 259 g/mol. The van der Waals surface area contributed by atoms with Gasteiger partial charge in [-0.05, 0) is 25.0 Å². The first-order valence-electron chi connectivity index (χ1n) is 7.22. The SMILES string of the molecule is OC1CCCCCC1NCc1cc2ccccc2o1. The van der Waals surface area contributed by atoms with Crippen LogP contribution >= 0.6 is 0 Å². The first kappa shape index (κ1) is 12.7. The number of hydrogen-bond acceptors (Lipinski definition) is 3. The molecule has 3 rings (SSSR count). The minimum atomic E-state index is -0.216. The van der Waals surface area contributed by atoms with Crippen LogP contribution in [0, 0.1) is 0 Å². The van der Waals surface area contributed by atoms with Crippen LogP contribution in [0.3, 0.4) is 0 Å². The fourth-order valence-corrected chi connectivity index (χ4v) is 2.88. The van der Waals surface area contributed by atoms with Crippen LogP contribution in [0.15, 0.2) is 34.7 Å². The minimum absolute atomic E-state index is 0.204. The highest BCUT2D eigenvalue weighted by Crippen LogP contribution is 2.21. The van der Waals surface area contributed by atoms with Gasteiger partial charge in [0.15, 0.2) is 0 Å². The van der Waals surface area contributed by atoms with Crippen LogP contribution in [0.1, 0.15) is 37.9 Å². The van der Waals surface area contributed by atoms with Gasteiger partial charge in [-0.1, -0.05) is 37.5 Å². The summed E-state index contributed by atoms with van der Waals surface area (Å²) in [6, 6.07) is 10.3. The van der Waals surface area contributed by atoms with Crippen molar-refractivity contribution >= 4 is 11.0 Å². The molecular formula is C16H21NO2. The van der Waals surface area contributed by atoms with Gasteiger partial charge in [0.1, 0.15) is 11.3 Å². The molecule has 0 amide bonds. The first-order valence-corrected chi connectivity index (χ1v) is 7.22. The Morgan fingerprint density at radius 3 is 2.89 bits per heavy atom. The van der Waals surface area contributed by atoms with E-state index in [-0.39, 0.29) is 12.1 Å². The van der Waals surface area contributed by atoms with Crippen molar-refractivity contribution in [2.24, 2.45) is 0 Å². The number of furan rings is 1. The summed E-state index contributed by atoms with van der Waals surface area (Å²) in [5.74, 6) is 0.942. The summed E-state index contributed by atoms with van der Waals surface area (Å²) in [5.41, 5.74) is 0.931. The standard InChI is InChI=1S/C16H21NO2/c18-15-8-3-1-2-7-14(15)17-11-13-10-12-6-4-5-9-16(12)19-13/h4-6,9-10,14-15,17-18H,1-3,7-8,11H2. The summed E-state index contributed by atoms with van der Waals surface area (Å²) >= 11 is 0. The Hall–Kier alpha value is -1.32. The monoisotopic (exact) mass is 259 g/mol. The molecule has 2 atom stereocenters. The summed E-state index contributed by atoms with van der Waals surface area (Å²) in [6.45, 7) is 0.691. The maximum Gasteiger partial charge on any atom is 0.134 e. The van der Waals surface area contributed by atoms with E-state index in [4.69, 9.17) is 4.42 Å². The third-order valence-corrected chi connectivity index (χ3v) is 3.99. The molecule has 3 heteroatoms. The van der Waals surface area contributed by atoms with Crippen molar-refractivity contribution in [2.45, 2.75) is 50.8 Å². The predicted octanol–water partition coefficient (Wildman–Crippen LogP) is 3.22. The molecule has 0 bridgehead atoms. The van der Waals surface area contributed by atoms with Gasteiger partial charge >= 0.3 is 0 Å². The molecule has 1 aliphatic carbocycles. The van der Waals surface area contributed by atoms with Crippen LogP contribution in [0.2, 0.25) is 0 Å². The van der Waals surface area contributed by atoms with Crippen molar-refractivity contribution in [3.05, 3.63) is 36.1 Å². The van der Waals surface area contributed by atoms with Crippen LogP contribution in [0.4, 0.5) is 0 Å². The maximum atomic E-state index is 10.1. The molecule has 1 aromatic heterocycles. The fourth-order valence-electron chi connectivity index (χ4n) is 2.88. The predicted molar refractivity (Wildman–Crippen MR) is 75.9 cm³/mol. The quantitative estimate of drug-likeness (QED) is 0.832. The number of rotatable bonds is 3. The van der Waals surface area contributed by atoms with E-state index in [1.807, 2.05) is 18.2 Å². The molecule has 2 N–H and O–H groups in total. The third-order valence-electron chi connectivity index (χ3n) is 3.99. The van der Waals surface area contributed by atoms with Crippen molar-refractivity contribution in [3.8, 4) is 0 Å². The van der Waals surface area contributed by atoms with Gasteiger partial charge in [0.25, 0.3) is 0 Å². The van der Waals surface area contributed by atoms with Crippen molar-refractivity contribution < 1.29 is 9.52 Å². The Kier molecular flexibility index (Phi) is 3.85. The highest BCUT2D eigenvalue weighted by Gasteiger charge is 2.21. The van der Waals surface area contributed by atoms with Gasteiger partial charge in [-0.25, -0.2) is 0 Å². The van der Waals surface area contributed by atoms with Gasteiger partial charge in [-0.3, -0.25) is 0 Å². The van der Waals surface area contributed by atoms with Gasteiger partial charge in [0.05, 0.1) is 12.6 Å². The highest BCUT2D eigenvalue weighted by atomic mass is 16.3. The minimum Gasteiger partial charge on any atom is -0.460 e. The topological polar surface area (TPSA) is 45.4 Å². The second-order valence-electron chi connectivity index (χ2n) is 5.44. The summed E-state index contributed by atoms with van der Waals surface area (Å²) in [7, 11) is 0. The Balaban J connectivity index is 1.64. The van der Waals surface area contributed by atoms with E-state index in [9.17, 15) is 5.11 Å². The maximum absolute atomic E-state index is 10.1. The molecule has 2 aromatic rings. The summed E-state index contributed by atoms with van der Waals surface area (Å²) in [4.78, 5) is 0. The lowest BCUT2D eigenvalue weighted by Crippen LogP contribution is -2.38. The van der Waals surface area contributed by atoms with E-state index in [1.54, 1.807) is 0 Å². The van der Waals surface area contributed by atoms with E-state index in [0.29, 0.717) is 6.54 Å². The van der Waals surface area contributed by atoms with Gasteiger partial charge in [0, 0.05) is 11.4 Å². The zero-order chi connectivity index (χ0) is 13.1. The lowest BCUT2D eigenvalue weighted by Gasteiger charge is -2.21. The van der Waals surface area contributed by atoms with Gasteiger partial charge in [-0.2, -0.15) is 0 Å². The third kappa shape index (κ3) is 2.99. The number of hydrogen-bond donors (Lipinski definition) is 2. The van der Waals surface area contributed by atoms with Crippen molar-refractivity contribution in [2.75, 3.05) is 0 Å². The molecule has 1 heterocycles. The molecular weight excluding hydrogens is 238 g/mol. The molecule has 0 spiro atoms. The van der Waals surface area contributed by atoms with Crippen LogP contribution in [-0.4, -0.2) is 17.3 Å². The van der Waals surface area contributed by atoms with Gasteiger partial charge < -0.3 is 14.8 Å². The number of aliphatic hydroxyl groups is 1. The van der Waals surface area contributed by atoms with Crippen LogP contribution < -0.4 is 5.32 Å². The number of aliphatic hydroxyl groups excluding tert-OH is 1. The second kappa shape index (κ2) is 5.76. The Morgan fingerprint density at radius 2 is 2.00 bits per heavy atom. The summed E-state index contributed by atoms with van der Waals surface area (Å²) in [6.07, 6.45) is 5.34. The molecule has 3 nitrogen and oxygen atoms in total. The number of para-hydroxylation sites is 1. The first-order chi connectivity index (χ1) is 9.33. The van der Waals surface area contributed by atoms with Gasteiger partial charge in [0.2, 0.25) is 0 Å². The lowest BCUT2D eigenvalue weighted by molar-refractivity contribution is 0.118. The molecule has 2 unspecified atom stereocenters. The van der Waals surface area contributed by atoms with Crippen LogP contribution in [0.25, 0.3) is 11.0 Å². The van der Waals surface area contributed by atoms with E-state index in [2.05, 4.69) is 17.4 Å². The second-order valence-corrected chi connectivity index (χ2v) is 5.44. The Bertz CT molecular complexity index is 501. The average Bonchev–Trinajstić information content (AvgIpc) is 2.73. The number of nitrogens with one attached hydrogen (secondary N) is 1. The van der Waals surface area contributed by atoms with Crippen molar-refractivity contribution in [3.63, 3.8) is 0 Å². The molecule has 0 radical (unpaired) electrons. The fraction of sp³-hybridized carbons (Fsp3) is 0.500. The number of benzene rings is 1. The highest BCUT2D eigenvalue weighted by molar-refractivity contribution is 5.77. The number of fused-ring (bicyclic) bond motifs is 1. The van der Waals surface area contributed by atoms with Gasteiger partial charge in [-0.15, -0.1) is 0 Å². The summed E-state index contributed by atoms with van der Waals surface area (Å²) < 4.78 is 5.78. The molecule has 19 heavy (non-hydrogen) atoms. The lowest BCUT2D eigenvalue weighted by atomic mass is 10.1. The zero-order valence-corrected chi connectivity index (χ0v) is 11.1. The molecule has 0 saturated heterocycles. The molecule has 1 fully saturated rings. The van der Waals surface area contributed by atoms with Crippen molar-refractivity contribution in [1.29, 1.82) is 0 Å². The molecule has 0 aliphatic heterocycles. The Morgan fingerprint density at radius 1 is 1.16 bits per heavy atom. The molecule has 102 valence electrons. The summed E-state index contributed by atoms with van der Waals surface area (Å²) in [5, 5.41) is 14.7. The van der Waals surface area contributed by atoms with E-state index in [1.165, 1.54) is 12.8 Å². The van der Waals surface area contributed by atoms with Crippen molar-refractivity contribution in [1.82, 2.24) is 5.32 Å². The Labute approximate surface area is 113 Å². The van der Waals surface area contributed by atoms with E-state index in [0.717, 1.165) is 36.0 Å². The normalized spacial score (nSPS) is 24.5.